The van der Waals surface area contributed by atoms with Gasteiger partial charge in [0.05, 0.1) is 6.61 Å². The molecule has 0 aliphatic rings. The number of likely N-dealkylation sites (N-methyl/N-ethyl adjacent to an activating group) is 1. The normalized spacial score (nSPS) is 13.2. The van der Waals surface area contributed by atoms with Crippen LogP contribution in [-0.2, 0) is 34.0 Å². The smallest absolute Gasteiger partial charge is 0.335 e. The number of carbonyl (C=O) groups is 2. The molecule has 5 N–H and O–H groups in total. The van der Waals surface area contributed by atoms with Crippen molar-refractivity contribution >= 4 is 11.9 Å². The third-order valence-electron chi connectivity index (χ3n) is 4.96. The number of carbonyl (C=O) groups excluding carboxylic acids is 1. The van der Waals surface area contributed by atoms with Gasteiger partial charge >= 0.3 is 5.97 Å². The maximum atomic E-state index is 12.0. The molecule has 0 heterocycles. The fourth-order valence-electron chi connectivity index (χ4n) is 3.19. The van der Waals surface area contributed by atoms with E-state index in [0.717, 1.165) is 11.1 Å². The Balaban J connectivity index is 1.95. The molecule has 0 saturated carbocycles. The molecule has 0 radical (unpaired) electrons. The number of ether oxygens (including phenoxy) is 2. The van der Waals surface area contributed by atoms with Crippen LogP contribution < -0.4 is 15.4 Å². The van der Waals surface area contributed by atoms with Gasteiger partial charge in [0, 0.05) is 19.2 Å². The first-order valence-electron chi connectivity index (χ1n) is 10.6. The van der Waals surface area contributed by atoms with Crippen molar-refractivity contribution in [3.63, 3.8) is 0 Å². The third-order valence-corrected chi connectivity index (χ3v) is 4.96. The van der Waals surface area contributed by atoms with Gasteiger partial charge < -0.3 is 30.1 Å². The van der Waals surface area contributed by atoms with Crippen LogP contribution in [0.4, 0.5) is 0 Å². The second-order valence-electron chi connectivity index (χ2n) is 8.00. The fourth-order valence-corrected chi connectivity index (χ4v) is 3.19. The van der Waals surface area contributed by atoms with Gasteiger partial charge in [-0.15, -0.1) is 0 Å². The molecule has 0 aromatic heterocycles. The number of hydrogen-bond acceptors (Lipinski definition) is 7. The highest BCUT2D eigenvalue weighted by atomic mass is 16.5. The van der Waals surface area contributed by atoms with Crippen LogP contribution in [0.5, 0.6) is 5.75 Å². The number of carboxylic acids is 1. The van der Waals surface area contributed by atoms with E-state index >= 15 is 0 Å². The lowest BCUT2D eigenvalue weighted by atomic mass is 10.1. The molecule has 180 valence electrons. The second kappa shape index (κ2) is 12.3. The molecule has 2 atom stereocenters. The van der Waals surface area contributed by atoms with Crippen molar-refractivity contribution in [3.8, 4) is 5.75 Å². The van der Waals surface area contributed by atoms with Gasteiger partial charge in [-0.3, -0.25) is 10.1 Å². The lowest BCUT2D eigenvalue weighted by molar-refractivity contribution is -0.177. The summed E-state index contributed by atoms with van der Waals surface area (Å²) in [6.45, 7) is 3.94. The Hall–Kier alpha value is -2.98. The highest BCUT2D eigenvalue weighted by molar-refractivity contribution is 5.87. The van der Waals surface area contributed by atoms with Gasteiger partial charge in [0.15, 0.2) is 12.2 Å². The molecule has 33 heavy (non-hydrogen) atoms. The van der Waals surface area contributed by atoms with E-state index in [1.54, 1.807) is 13.8 Å². The van der Waals surface area contributed by atoms with Crippen LogP contribution in [0.25, 0.3) is 0 Å². The largest absolute Gasteiger partial charge is 0.489 e. The van der Waals surface area contributed by atoms with Crippen LogP contribution in [0, 0.1) is 0 Å². The molecular formula is C24H32N2O7. The van der Waals surface area contributed by atoms with E-state index in [1.807, 2.05) is 48.5 Å². The molecule has 0 saturated heterocycles. The van der Waals surface area contributed by atoms with Crippen LogP contribution in [0.1, 0.15) is 30.5 Å². The molecule has 2 rings (SSSR count). The fraction of sp³-hybridized carbons (Fsp3) is 0.417. The number of hydrogen-bond donors (Lipinski definition) is 5. The average Bonchev–Trinajstić information content (AvgIpc) is 2.81. The summed E-state index contributed by atoms with van der Waals surface area (Å²) in [4.78, 5) is 23.1. The first-order chi connectivity index (χ1) is 15.7. The Bertz CT molecular complexity index is 918. The second-order valence-corrected chi connectivity index (χ2v) is 8.00. The Kier molecular flexibility index (Phi) is 9.80. The highest BCUT2D eigenvalue weighted by Gasteiger charge is 2.37. The monoisotopic (exact) mass is 460 g/mol. The van der Waals surface area contributed by atoms with E-state index in [1.165, 1.54) is 7.05 Å². The van der Waals surface area contributed by atoms with E-state index in [-0.39, 0.29) is 6.61 Å². The summed E-state index contributed by atoms with van der Waals surface area (Å²) in [5.41, 5.74) is 1.55. The number of nitrogens with one attached hydrogen (secondary N) is 2. The zero-order chi connectivity index (χ0) is 24.4. The Morgan fingerprint density at radius 2 is 1.79 bits per heavy atom. The van der Waals surface area contributed by atoms with Crippen LogP contribution in [0.15, 0.2) is 48.5 Å². The number of aliphatic hydroxyl groups excluding tert-OH is 2. The SMILES string of the molecule is CNC(=O)C(OC(C)(C)NCCc1ccc(OCc2ccccc2)c(CO)c1)C(O)C(=O)O. The van der Waals surface area contributed by atoms with Gasteiger partial charge in [-0.25, -0.2) is 4.79 Å². The number of aliphatic hydroxyl groups is 2. The summed E-state index contributed by atoms with van der Waals surface area (Å²) in [5, 5.41) is 34.0. The van der Waals surface area contributed by atoms with Gasteiger partial charge in [-0.2, -0.15) is 0 Å². The van der Waals surface area contributed by atoms with E-state index in [2.05, 4.69) is 10.6 Å². The van der Waals surface area contributed by atoms with Crippen molar-refractivity contribution in [3.05, 3.63) is 65.2 Å². The van der Waals surface area contributed by atoms with E-state index < -0.39 is 29.8 Å². The summed E-state index contributed by atoms with van der Waals surface area (Å²) in [7, 11) is 1.33. The first-order valence-corrected chi connectivity index (χ1v) is 10.6. The Morgan fingerprint density at radius 1 is 1.09 bits per heavy atom. The molecule has 2 unspecified atom stereocenters. The summed E-state index contributed by atoms with van der Waals surface area (Å²) in [5.74, 6) is -1.68. The van der Waals surface area contributed by atoms with Gasteiger partial charge in [0.25, 0.3) is 5.91 Å². The average molecular weight is 461 g/mol. The molecule has 0 fully saturated rings. The van der Waals surface area contributed by atoms with Crippen molar-refractivity contribution in [2.45, 2.75) is 51.4 Å². The van der Waals surface area contributed by atoms with E-state index in [9.17, 15) is 19.8 Å². The summed E-state index contributed by atoms with van der Waals surface area (Å²) >= 11 is 0. The molecule has 0 bridgehead atoms. The van der Waals surface area contributed by atoms with Crippen LogP contribution in [0.3, 0.4) is 0 Å². The Labute approximate surface area is 193 Å². The van der Waals surface area contributed by atoms with Crippen LogP contribution in [0.2, 0.25) is 0 Å². The highest BCUT2D eigenvalue weighted by Crippen LogP contribution is 2.22. The van der Waals surface area contributed by atoms with Crippen molar-refractivity contribution in [2.75, 3.05) is 13.6 Å². The van der Waals surface area contributed by atoms with Gasteiger partial charge in [-0.05, 0) is 43.5 Å². The summed E-state index contributed by atoms with van der Waals surface area (Å²) in [6, 6.07) is 15.3. The van der Waals surface area contributed by atoms with Crippen molar-refractivity contribution in [2.24, 2.45) is 0 Å². The third kappa shape index (κ3) is 8.14. The minimum Gasteiger partial charge on any atom is -0.489 e. The zero-order valence-corrected chi connectivity index (χ0v) is 19.1. The topological polar surface area (TPSA) is 137 Å². The van der Waals surface area contributed by atoms with E-state index in [4.69, 9.17) is 14.6 Å². The van der Waals surface area contributed by atoms with Crippen molar-refractivity contribution < 1.29 is 34.4 Å². The number of rotatable bonds is 13. The number of amides is 1. The lowest BCUT2D eigenvalue weighted by Crippen LogP contribution is -2.54. The molecular weight excluding hydrogens is 428 g/mol. The number of aliphatic carboxylic acids is 1. The van der Waals surface area contributed by atoms with Gasteiger partial charge in [0.1, 0.15) is 18.1 Å². The molecule has 9 nitrogen and oxygen atoms in total. The van der Waals surface area contributed by atoms with Crippen molar-refractivity contribution in [1.29, 1.82) is 0 Å². The Morgan fingerprint density at radius 3 is 2.39 bits per heavy atom. The minimum atomic E-state index is -2.00. The van der Waals surface area contributed by atoms with Gasteiger partial charge in [-0.1, -0.05) is 36.4 Å². The lowest BCUT2D eigenvalue weighted by Gasteiger charge is -2.32. The standard InChI is InChI=1S/C24H32N2O7/c1-24(2,33-21(22(29)25-3)20(28)23(30)31)26-12-11-16-9-10-19(18(13-16)14-27)32-15-17-7-5-4-6-8-17/h4-10,13,20-21,26-28H,11-12,14-15H2,1-3H3,(H,25,29)(H,30,31). The quantitative estimate of drug-likeness (QED) is 0.281. The molecule has 2 aromatic carbocycles. The molecule has 0 aliphatic carbocycles. The number of benzene rings is 2. The maximum absolute atomic E-state index is 12.0. The van der Waals surface area contributed by atoms with E-state index in [0.29, 0.717) is 30.9 Å². The molecule has 9 heteroatoms. The predicted molar refractivity (Wildman–Crippen MR) is 122 cm³/mol. The van der Waals surface area contributed by atoms with Crippen molar-refractivity contribution in [1.82, 2.24) is 10.6 Å². The maximum Gasteiger partial charge on any atom is 0.335 e. The summed E-state index contributed by atoms with van der Waals surface area (Å²) < 4.78 is 11.4. The molecule has 0 aliphatic heterocycles. The number of carboxylic acid groups (broad SMARTS) is 1. The van der Waals surface area contributed by atoms with Gasteiger partial charge in [0.2, 0.25) is 0 Å². The summed E-state index contributed by atoms with van der Waals surface area (Å²) in [6.07, 6.45) is -3.00. The minimum absolute atomic E-state index is 0.166. The molecule has 1 amide bonds. The zero-order valence-electron chi connectivity index (χ0n) is 19.1. The van der Waals surface area contributed by atoms with Crippen LogP contribution >= 0.6 is 0 Å². The predicted octanol–water partition coefficient (Wildman–Crippen LogP) is 1.20. The molecule has 2 aromatic rings. The first kappa shape index (κ1) is 26.3. The molecule has 0 spiro atoms. The van der Waals surface area contributed by atoms with Crippen LogP contribution in [-0.4, -0.2) is 58.7 Å².